The van der Waals surface area contributed by atoms with Crippen LogP contribution in [0.1, 0.15) is 0 Å². The first-order chi connectivity index (χ1) is 11.1. The van der Waals surface area contributed by atoms with Gasteiger partial charge in [0.25, 0.3) is 5.56 Å². The Morgan fingerprint density at radius 1 is 1.13 bits per heavy atom. The van der Waals surface area contributed by atoms with Crippen LogP contribution in [-0.2, 0) is 0 Å². The number of nitrogens with zero attached hydrogens (tertiary/aromatic N) is 3. The molecule has 0 unspecified atom stereocenters. The van der Waals surface area contributed by atoms with Crippen LogP contribution in [0.25, 0.3) is 26.1 Å². The molecule has 0 amide bonds. The number of thiophene rings is 1. The third kappa shape index (κ3) is 2.37. The fraction of sp³-hybridized carbons (Fsp3) is 0. The van der Waals surface area contributed by atoms with Gasteiger partial charge >= 0.3 is 0 Å². The summed E-state index contributed by atoms with van der Waals surface area (Å²) in [7, 11) is 0. The van der Waals surface area contributed by atoms with E-state index in [-0.39, 0.29) is 5.56 Å². The van der Waals surface area contributed by atoms with E-state index in [2.05, 4.69) is 25.9 Å². The lowest BCUT2D eigenvalue weighted by Crippen LogP contribution is -2.17. The van der Waals surface area contributed by atoms with Crippen LogP contribution in [0.4, 0.5) is 0 Å². The van der Waals surface area contributed by atoms with Gasteiger partial charge in [-0.05, 0) is 40.2 Å². The van der Waals surface area contributed by atoms with Crippen LogP contribution in [0.3, 0.4) is 0 Å². The minimum atomic E-state index is -0.160. The molecule has 8 heteroatoms. The Morgan fingerprint density at radius 3 is 2.61 bits per heavy atom. The van der Waals surface area contributed by atoms with Crippen molar-refractivity contribution in [2.75, 3.05) is 0 Å². The van der Waals surface area contributed by atoms with Crippen LogP contribution >= 0.6 is 50.5 Å². The van der Waals surface area contributed by atoms with E-state index in [1.807, 2.05) is 0 Å². The van der Waals surface area contributed by atoms with Crippen LogP contribution in [0.5, 0.6) is 0 Å². The van der Waals surface area contributed by atoms with E-state index in [1.54, 1.807) is 30.5 Å². The van der Waals surface area contributed by atoms with Crippen LogP contribution in [0.2, 0.25) is 10.0 Å². The fourth-order valence-corrected chi connectivity index (χ4v) is 4.07. The molecular formula is C15H6BrCl2N3OS. The largest absolute Gasteiger partial charge is 0.275 e. The second-order valence-corrected chi connectivity index (χ2v) is 7.44. The predicted octanol–water partition coefficient (Wildman–Crippen LogP) is 5.06. The molecule has 0 aliphatic rings. The zero-order valence-corrected chi connectivity index (χ0v) is 15.2. The average molecular weight is 427 g/mol. The molecule has 1 aromatic carbocycles. The zero-order chi connectivity index (χ0) is 16.1. The maximum atomic E-state index is 12.8. The summed E-state index contributed by atoms with van der Waals surface area (Å²) in [5.41, 5.74) is 1.11. The maximum absolute atomic E-state index is 12.8. The van der Waals surface area contributed by atoms with E-state index >= 15 is 0 Å². The summed E-state index contributed by atoms with van der Waals surface area (Å²) in [5.74, 6) is 0. The van der Waals surface area contributed by atoms with E-state index in [0.717, 1.165) is 0 Å². The van der Waals surface area contributed by atoms with Gasteiger partial charge in [-0.25, -0.2) is 9.97 Å². The number of rotatable bonds is 1. The number of pyridine rings is 1. The monoisotopic (exact) mass is 425 g/mol. The molecule has 4 aromatic rings. The molecule has 0 spiro atoms. The molecule has 0 aliphatic heterocycles. The van der Waals surface area contributed by atoms with Gasteiger partial charge in [-0.3, -0.25) is 9.36 Å². The van der Waals surface area contributed by atoms with Crippen LogP contribution in [0, 0.1) is 0 Å². The summed E-state index contributed by atoms with van der Waals surface area (Å²) < 4.78 is 2.68. The molecule has 0 fully saturated rings. The standard InChI is InChI=1S/C15H6BrCl2N3OS/c16-9-5-19-14-10(11(9)18)12-13(23-14)15(22)21(6-20-12)8-3-1-7(17)2-4-8/h1-6H. The summed E-state index contributed by atoms with van der Waals surface area (Å²) in [6.07, 6.45) is 3.12. The summed E-state index contributed by atoms with van der Waals surface area (Å²) in [4.78, 5) is 22.2. The molecule has 114 valence electrons. The molecule has 0 saturated carbocycles. The summed E-state index contributed by atoms with van der Waals surface area (Å²) in [6.45, 7) is 0. The first kappa shape index (κ1) is 15.1. The van der Waals surface area contributed by atoms with Crippen molar-refractivity contribution in [3.8, 4) is 5.69 Å². The molecule has 0 bridgehead atoms. The lowest BCUT2D eigenvalue weighted by Gasteiger charge is -2.05. The van der Waals surface area contributed by atoms with Gasteiger partial charge in [0.2, 0.25) is 0 Å². The van der Waals surface area contributed by atoms with Crippen molar-refractivity contribution in [3.05, 3.63) is 61.7 Å². The number of hydrogen-bond acceptors (Lipinski definition) is 4. The molecule has 4 rings (SSSR count). The van der Waals surface area contributed by atoms with E-state index in [1.165, 1.54) is 22.2 Å². The summed E-state index contributed by atoms with van der Waals surface area (Å²) in [5, 5.41) is 1.82. The number of halogens is 3. The highest BCUT2D eigenvalue weighted by Crippen LogP contribution is 2.37. The van der Waals surface area contributed by atoms with Crippen molar-refractivity contribution in [2.24, 2.45) is 0 Å². The van der Waals surface area contributed by atoms with Gasteiger partial charge in [0, 0.05) is 11.2 Å². The molecular weight excluding hydrogens is 421 g/mol. The number of hydrogen-bond donors (Lipinski definition) is 0. The lowest BCUT2D eigenvalue weighted by atomic mass is 10.3. The molecule has 0 aliphatic carbocycles. The van der Waals surface area contributed by atoms with Crippen molar-refractivity contribution >= 4 is 70.9 Å². The summed E-state index contributed by atoms with van der Waals surface area (Å²) in [6, 6.07) is 7.00. The van der Waals surface area contributed by atoms with Crippen molar-refractivity contribution < 1.29 is 0 Å². The van der Waals surface area contributed by atoms with Gasteiger partial charge < -0.3 is 0 Å². The maximum Gasteiger partial charge on any atom is 0.275 e. The molecule has 4 nitrogen and oxygen atoms in total. The number of fused-ring (bicyclic) bond motifs is 3. The highest BCUT2D eigenvalue weighted by molar-refractivity contribution is 9.10. The molecule has 0 atom stereocenters. The Bertz CT molecular complexity index is 1120. The predicted molar refractivity (Wildman–Crippen MR) is 98.2 cm³/mol. The van der Waals surface area contributed by atoms with Gasteiger partial charge in [0.1, 0.15) is 15.9 Å². The molecule has 0 saturated heterocycles. The van der Waals surface area contributed by atoms with Crippen molar-refractivity contribution in [1.29, 1.82) is 0 Å². The molecule has 3 heterocycles. The molecule has 3 aromatic heterocycles. The highest BCUT2D eigenvalue weighted by atomic mass is 79.9. The Balaban J connectivity index is 2.06. The summed E-state index contributed by atoms with van der Waals surface area (Å²) >= 11 is 16.9. The van der Waals surface area contributed by atoms with Crippen molar-refractivity contribution in [3.63, 3.8) is 0 Å². The zero-order valence-electron chi connectivity index (χ0n) is 11.3. The Morgan fingerprint density at radius 2 is 1.87 bits per heavy atom. The van der Waals surface area contributed by atoms with Crippen LogP contribution < -0.4 is 5.56 Å². The van der Waals surface area contributed by atoms with Gasteiger partial charge in [-0.15, -0.1) is 11.3 Å². The molecule has 0 N–H and O–H groups in total. The quantitative estimate of drug-likeness (QED) is 0.427. The first-order valence-corrected chi connectivity index (χ1v) is 8.82. The smallest absolute Gasteiger partial charge is 0.267 e. The van der Waals surface area contributed by atoms with Gasteiger partial charge in [-0.1, -0.05) is 23.2 Å². The van der Waals surface area contributed by atoms with E-state index in [9.17, 15) is 4.79 Å². The van der Waals surface area contributed by atoms with Crippen LogP contribution in [0.15, 0.2) is 46.1 Å². The number of benzene rings is 1. The molecule has 0 radical (unpaired) electrons. The molecule has 23 heavy (non-hydrogen) atoms. The third-order valence-electron chi connectivity index (χ3n) is 3.41. The second-order valence-electron chi connectivity index (χ2n) is 4.78. The Hall–Kier alpha value is -1.47. The minimum absolute atomic E-state index is 0.160. The highest BCUT2D eigenvalue weighted by Gasteiger charge is 2.17. The Kier molecular flexibility index (Phi) is 3.65. The first-order valence-electron chi connectivity index (χ1n) is 6.46. The van der Waals surface area contributed by atoms with Crippen molar-refractivity contribution in [2.45, 2.75) is 0 Å². The topological polar surface area (TPSA) is 47.8 Å². The minimum Gasteiger partial charge on any atom is -0.267 e. The normalized spacial score (nSPS) is 11.4. The van der Waals surface area contributed by atoms with Gasteiger partial charge in [0.05, 0.1) is 26.1 Å². The third-order valence-corrected chi connectivity index (χ3v) is 5.96. The van der Waals surface area contributed by atoms with Crippen LogP contribution in [-0.4, -0.2) is 14.5 Å². The number of aromatic nitrogens is 3. The van der Waals surface area contributed by atoms with E-state index in [4.69, 9.17) is 23.2 Å². The Labute approximate surface area is 152 Å². The fourth-order valence-electron chi connectivity index (χ4n) is 2.32. The lowest BCUT2D eigenvalue weighted by molar-refractivity contribution is 0.968. The average Bonchev–Trinajstić information content (AvgIpc) is 2.93. The van der Waals surface area contributed by atoms with E-state index in [0.29, 0.717) is 40.6 Å². The van der Waals surface area contributed by atoms with Crippen molar-refractivity contribution in [1.82, 2.24) is 14.5 Å². The second kappa shape index (κ2) is 5.56. The van der Waals surface area contributed by atoms with E-state index < -0.39 is 0 Å². The van der Waals surface area contributed by atoms with Gasteiger partial charge in [-0.2, -0.15) is 0 Å². The SMILES string of the molecule is O=c1c2sc3ncc(Br)c(Cl)c3c2ncn1-c1ccc(Cl)cc1. The van der Waals surface area contributed by atoms with Gasteiger partial charge in [0.15, 0.2) is 0 Å².